The van der Waals surface area contributed by atoms with Crippen LogP contribution < -0.4 is 0 Å². The molecule has 2 nitrogen and oxygen atoms in total. The minimum absolute atomic E-state index is 0.0396. The first-order valence-corrected chi connectivity index (χ1v) is 4.24. The number of nitrogens with zero attached hydrogens (tertiary/aromatic N) is 1. The van der Waals surface area contributed by atoms with Crippen molar-refractivity contribution < 1.29 is 5.11 Å². The highest BCUT2D eigenvalue weighted by atomic mass is 35.5. The van der Waals surface area contributed by atoms with Gasteiger partial charge in [0.1, 0.15) is 16.5 Å². The van der Waals surface area contributed by atoms with E-state index in [0.29, 0.717) is 10.7 Å². The fourth-order valence-electron chi connectivity index (χ4n) is 0.776. The molecular formula is C9H7Cl2NO. The Kier molecular flexibility index (Phi) is 3.34. The molecule has 1 N–H and O–H groups in total. The van der Waals surface area contributed by atoms with Crippen molar-refractivity contribution in [2.75, 3.05) is 0 Å². The number of allylic oxidation sites excluding steroid dienone is 1. The Morgan fingerprint density at radius 1 is 1.38 bits per heavy atom. The summed E-state index contributed by atoms with van der Waals surface area (Å²) in [5, 5.41) is 9.77. The van der Waals surface area contributed by atoms with E-state index in [0.717, 1.165) is 0 Å². The molecule has 13 heavy (non-hydrogen) atoms. The number of phenolic OH excluding ortho intramolecular Hbond substituents is 1. The van der Waals surface area contributed by atoms with E-state index >= 15 is 0 Å². The van der Waals surface area contributed by atoms with Gasteiger partial charge in [0.15, 0.2) is 0 Å². The topological polar surface area (TPSA) is 32.6 Å². The molecule has 0 radical (unpaired) electrons. The zero-order valence-corrected chi connectivity index (χ0v) is 8.18. The normalized spacial score (nSPS) is 10.6. The summed E-state index contributed by atoms with van der Waals surface area (Å²) in [6, 6.07) is 2.94. The molecule has 0 spiro atoms. The first kappa shape index (κ1) is 10.1. The van der Waals surface area contributed by atoms with Crippen LogP contribution in [0.4, 0.5) is 5.69 Å². The van der Waals surface area contributed by atoms with Crippen molar-refractivity contribution in [3.8, 4) is 5.75 Å². The van der Waals surface area contributed by atoms with Gasteiger partial charge in [-0.05, 0) is 12.1 Å². The summed E-state index contributed by atoms with van der Waals surface area (Å²) in [4.78, 5) is 3.92. The highest BCUT2D eigenvalue weighted by Gasteiger charge is 2.07. The molecule has 0 aromatic heterocycles. The number of aromatic hydroxyl groups is 1. The number of hydrogen-bond donors (Lipinski definition) is 1. The largest absolute Gasteiger partial charge is 0.506 e. The highest BCUT2D eigenvalue weighted by Crippen LogP contribution is 2.38. The van der Waals surface area contributed by atoms with Crippen LogP contribution in [0.25, 0.3) is 0 Å². The molecule has 4 heteroatoms. The molecule has 0 saturated carbocycles. The molecule has 0 bridgehead atoms. The van der Waals surface area contributed by atoms with Crippen LogP contribution in [0.2, 0.25) is 10.0 Å². The standard InChI is InChI=1S/C9H7Cl2NO/c1-2-5-12-9-6(10)3-4-7(13)8(9)11/h2-5,13H,1H2. The molecule has 1 aromatic carbocycles. The minimum atomic E-state index is -0.0396. The van der Waals surface area contributed by atoms with E-state index in [1.54, 1.807) is 0 Å². The van der Waals surface area contributed by atoms with E-state index < -0.39 is 0 Å². The fraction of sp³-hybridized carbons (Fsp3) is 0. The van der Waals surface area contributed by atoms with Gasteiger partial charge in [-0.1, -0.05) is 35.9 Å². The predicted octanol–water partition coefficient (Wildman–Crippen LogP) is 3.59. The van der Waals surface area contributed by atoms with Gasteiger partial charge in [0.05, 0.1) is 5.02 Å². The number of rotatable bonds is 2. The second kappa shape index (κ2) is 4.30. The molecule has 0 fully saturated rings. The number of phenols is 1. The summed E-state index contributed by atoms with van der Waals surface area (Å²) in [5.41, 5.74) is 0.350. The Balaban J connectivity index is 3.25. The van der Waals surface area contributed by atoms with Crippen molar-refractivity contribution >= 4 is 35.1 Å². The van der Waals surface area contributed by atoms with Crippen LogP contribution in [0.3, 0.4) is 0 Å². The summed E-state index contributed by atoms with van der Waals surface area (Å²) in [5.74, 6) is -0.0396. The van der Waals surface area contributed by atoms with Gasteiger partial charge in [0.25, 0.3) is 0 Å². The Morgan fingerprint density at radius 2 is 2.08 bits per heavy atom. The summed E-state index contributed by atoms with van der Waals surface area (Å²) in [7, 11) is 0. The van der Waals surface area contributed by atoms with E-state index in [1.807, 2.05) is 0 Å². The Labute approximate surface area is 86.1 Å². The maximum absolute atomic E-state index is 9.23. The summed E-state index contributed by atoms with van der Waals surface area (Å²) in [6.45, 7) is 3.46. The smallest absolute Gasteiger partial charge is 0.136 e. The lowest BCUT2D eigenvalue weighted by Gasteiger charge is -2.02. The van der Waals surface area contributed by atoms with Crippen LogP contribution in [0.15, 0.2) is 29.8 Å². The molecular weight excluding hydrogens is 209 g/mol. The van der Waals surface area contributed by atoms with Gasteiger partial charge >= 0.3 is 0 Å². The molecule has 0 amide bonds. The van der Waals surface area contributed by atoms with Crippen LogP contribution >= 0.6 is 23.2 Å². The lowest BCUT2D eigenvalue weighted by molar-refractivity contribution is 0.476. The molecule has 0 unspecified atom stereocenters. The minimum Gasteiger partial charge on any atom is -0.506 e. The quantitative estimate of drug-likeness (QED) is 0.752. The molecule has 0 saturated heterocycles. The van der Waals surface area contributed by atoms with Crippen LogP contribution in [0.5, 0.6) is 5.75 Å². The maximum atomic E-state index is 9.23. The Hall–Kier alpha value is -0.990. The average molecular weight is 216 g/mol. The summed E-state index contributed by atoms with van der Waals surface area (Å²) in [6.07, 6.45) is 2.95. The second-order valence-corrected chi connectivity index (χ2v) is 3.03. The summed E-state index contributed by atoms with van der Waals surface area (Å²) < 4.78 is 0. The van der Waals surface area contributed by atoms with Gasteiger partial charge in [-0.25, -0.2) is 0 Å². The molecule has 68 valence electrons. The van der Waals surface area contributed by atoms with E-state index in [9.17, 15) is 5.11 Å². The van der Waals surface area contributed by atoms with Gasteiger partial charge in [-0.15, -0.1) is 0 Å². The van der Waals surface area contributed by atoms with Crippen molar-refractivity contribution in [1.82, 2.24) is 0 Å². The highest BCUT2D eigenvalue weighted by molar-refractivity contribution is 6.39. The van der Waals surface area contributed by atoms with E-state index in [1.165, 1.54) is 24.4 Å². The van der Waals surface area contributed by atoms with Crippen molar-refractivity contribution in [2.45, 2.75) is 0 Å². The molecule has 1 rings (SSSR count). The van der Waals surface area contributed by atoms with Crippen molar-refractivity contribution in [3.63, 3.8) is 0 Å². The molecule has 0 atom stereocenters. The third-order valence-corrected chi connectivity index (χ3v) is 2.03. The Bertz CT molecular complexity index is 361. The van der Waals surface area contributed by atoms with Crippen molar-refractivity contribution in [2.24, 2.45) is 4.99 Å². The van der Waals surface area contributed by atoms with Crippen molar-refractivity contribution in [3.05, 3.63) is 34.8 Å². The first-order valence-electron chi connectivity index (χ1n) is 3.49. The van der Waals surface area contributed by atoms with Crippen LogP contribution in [0.1, 0.15) is 0 Å². The van der Waals surface area contributed by atoms with Crippen LogP contribution in [0, 0.1) is 0 Å². The molecule has 1 aromatic rings. The molecule has 0 aliphatic carbocycles. The van der Waals surface area contributed by atoms with Gasteiger partial charge in [0.2, 0.25) is 0 Å². The number of halogens is 2. The monoisotopic (exact) mass is 215 g/mol. The zero-order chi connectivity index (χ0) is 9.84. The number of hydrogen-bond acceptors (Lipinski definition) is 2. The molecule has 0 aliphatic heterocycles. The molecule has 0 aliphatic rings. The van der Waals surface area contributed by atoms with Crippen LogP contribution in [-0.4, -0.2) is 11.3 Å². The summed E-state index contributed by atoms with van der Waals surface area (Å²) >= 11 is 11.5. The maximum Gasteiger partial charge on any atom is 0.136 e. The SMILES string of the molecule is C=CC=Nc1c(Cl)ccc(O)c1Cl. The van der Waals surface area contributed by atoms with Gasteiger partial charge in [0, 0.05) is 6.21 Å². The van der Waals surface area contributed by atoms with Gasteiger partial charge in [-0.3, -0.25) is 4.99 Å². The van der Waals surface area contributed by atoms with E-state index in [2.05, 4.69) is 11.6 Å². The second-order valence-electron chi connectivity index (χ2n) is 2.24. The van der Waals surface area contributed by atoms with E-state index in [-0.39, 0.29) is 10.8 Å². The lowest BCUT2D eigenvalue weighted by atomic mass is 10.3. The number of aliphatic imine (C=N–C) groups is 1. The number of benzene rings is 1. The first-order chi connectivity index (χ1) is 6.16. The third-order valence-electron chi connectivity index (χ3n) is 1.36. The zero-order valence-electron chi connectivity index (χ0n) is 6.67. The van der Waals surface area contributed by atoms with E-state index in [4.69, 9.17) is 23.2 Å². The molecule has 0 heterocycles. The fourth-order valence-corrected chi connectivity index (χ4v) is 1.24. The average Bonchev–Trinajstić information content (AvgIpc) is 2.12. The van der Waals surface area contributed by atoms with Gasteiger partial charge < -0.3 is 5.11 Å². The predicted molar refractivity (Wildman–Crippen MR) is 56.5 cm³/mol. The van der Waals surface area contributed by atoms with Crippen molar-refractivity contribution in [1.29, 1.82) is 0 Å². The lowest BCUT2D eigenvalue weighted by Crippen LogP contribution is -1.74. The third kappa shape index (κ3) is 2.23. The van der Waals surface area contributed by atoms with Crippen LogP contribution in [-0.2, 0) is 0 Å². The Morgan fingerprint density at radius 3 is 2.69 bits per heavy atom. The van der Waals surface area contributed by atoms with Gasteiger partial charge in [-0.2, -0.15) is 0 Å².